The Morgan fingerprint density at radius 3 is 2.17 bits per heavy atom. The Kier molecular flexibility index (Phi) is 9.55. The second-order valence-corrected chi connectivity index (χ2v) is 10.5. The van der Waals surface area contributed by atoms with Gasteiger partial charge in [0, 0.05) is 24.2 Å². The van der Waals surface area contributed by atoms with Crippen LogP contribution in [0, 0.1) is 5.82 Å². The van der Waals surface area contributed by atoms with Gasteiger partial charge in [0.1, 0.15) is 11.6 Å². The summed E-state index contributed by atoms with van der Waals surface area (Å²) in [4.78, 5) is 50.4. The van der Waals surface area contributed by atoms with Crippen molar-refractivity contribution in [2.75, 3.05) is 7.11 Å². The summed E-state index contributed by atoms with van der Waals surface area (Å²) in [5, 5.41) is 27.9. The van der Waals surface area contributed by atoms with Gasteiger partial charge < -0.3 is 39.2 Å². The summed E-state index contributed by atoms with van der Waals surface area (Å²) in [6, 6.07) is 19.8. The number of aryl methyl sites for hydroxylation is 1. The zero-order chi connectivity index (χ0) is 33.7. The maximum atomic E-state index is 14.6. The SMILES string of the molecule is COc1ccc(F)cc1-c1cccc(CN(C(=O)c2cc(OC(=O)O)c(OC(=O)O)cc2OC(=O)O)[C@H]2CCCc3ccccc32)c1. The average Bonchev–Trinajstić information content (AvgIpc) is 3.03. The molecule has 0 radical (unpaired) electrons. The van der Waals surface area contributed by atoms with E-state index in [2.05, 4.69) is 4.74 Å². The predicted molar refractivity (Wildman–Crippen MR) is 163 cm³/mol. The van der Waals surface area contributed by atoms with Crippen molar-refractivity contribution >= 4 is 24.4 Å². The van der Waals surface area contributed by atoms with E-state index in [4.69, 9.17) is 19.3 Å². The Bertz CT molecular complexity index is 1860. The molecule has 0 saturated carbocycles. The van der Waals surface area contributed by atoms with Gasteiger partial charge in [0.05, 0.1) is 18.7 Å². The van der Waals surface area contributed by atoms with Crippen molar-refractivity contribution in [1.82, 2.24) is 4.90 Å². The third-order valence-electron chi connectivity index (χ3n) is 7.60. The van der Waals surface area contributed by atoms with Crippen LogP contribution in [0.2, 0.25) is 0 Å². The zero-order valence-corrected chi connectivity index (χ0v) is 24.8. The number of hydrogen-bond donors (Lipinski definition) is 3. The first-order valence-corrected chi connectivity index (χ1v) is 14.3. The van der Waals surface area contributed by atoms with Crippen molar-refractivity contribution in [2.24, 2.45) is 0 Å². The molecule has 1 atom stereocenters. The second kappa shape index (κ2) is 13.9. The molecule has 3 N–H and O–H groups in total. The molecule has 1 amide bonds. The predicted octanol–water partition coefficient (Wildman–Crippen LogP) is 7.39. The van der Waals surface area contributed by atoms with Crippen molar-refractivity contribution in [3.8, 4) is 34.1 Å². The fourth-order valence-corrected chi connectivity index (χ4v) is 5.70. The van der Waals surface area contributed by atoms with Crippen LogP contribution in [0.3, 0.4) is 0 Å². The number of hydrogen-bond acceptors (Lipinski definition) is 8. The number of rotatable bonds is 9. The lowest BCUT2D eigenvalue weighted by molar-refractivity contribution is 0.0633. The molecule has 0 aliphatic heterocycles. The molecule has 242 valence electrons. The Morgan fingerprint density at radius 2 is 1.47 bits per heavy atom. The van der Waals surface area contributed by atoms with E-state index >= 15 is 0 Å². The Hall–Kier alpha value is -6.11. The highest BCUT2D eigenvalue weighted by atomic mass is 19.1. The molecule has 0 heterocycles. The molecule has 13 heteroatoms. The highest BCUT2D eigenvalue weighted by Crippen LogP contribution is 2.41. The summed E-state index contributed by atoms with van der Waals surface area (Å²) >= 11 is 0. The molecule has 1 aliphatic carbocycles. The van der Waals surface area contributed by atoms with Crippen molar-refractivity contribution in [2.45, 2.75) is 31.8 Å². The monoisotopic (exact) mass is 645 g/mol. The van der Waals surface area contributed by atoms with Crippen LogP contribution >= 0.6 is 0 Å². The molecule has 0 spiro atoms. The first-order valence-electron chi connectivity index (χ1n) is 14.3. The van der Waals surface area contributed by atoms with Crippen molar-refractivity contribution in [3.63, 3.8) is 0 Å². The Morgan fingerprint density at radius 1 is 0.787 bits per heavy atom. The van der Waals surface area contributed by atoms with Gasteiger partial charge in [0.15, 0.2) is 17.2 Å². The molecule has 12 nitrogen and oxygen atoms in total. The van der Waals surface area contributed by atoms with E-state index in [0.717, 1.165) is 36.1 Å². The number of halogens is 1. The third-order valence-corrected chi connectivity index (χ3v) is 7.60. The number of methoxy groups -OCH3 is 1. The Labute approximate surface area is 267 Å². The van der Waals surface area contributed by atoms with Crippen molar-refractivity contribution in [1.29, 1.82) is 0 Å². The quantitative estimate of drug-likeness (QED) is 0.122. The Balaban J connectivity index is 1.65. The minimum absolute atomic E-state index is 0.0294. The number of benzene rings is 4. The van der Waals surface area contributed by atoms with Gasteiger partial charge in [-0.15, -0.1) is 0 Å². The van der Waals surface area contributed by atoms with E-state index in [-0.39, 0.29) is 6.54 Å². The minimum Gasteiger partial charge on any atom is -0.496 e. The van der Waals surface area contributed by atoms with Crippen LogP contribution in [-0.4, -0.2) is 51.7 Å². The number of carbonyl (C=O) groups excluding carboxylic acids is 1. The van der Waals surface area contributed by atoms with E-state index in [1.165, 1.54) is 30.2 Å². The number of nitrogens with zero attached hydrogens (tertiary/aromatic N) is 1. The largest absolute Gasteiger partial charge is 0.511 e. The molecule has 4 aromatic rings. The highest BCUT2D eigenvalue weighted by molar-refractivity contribution is 5.99. The van der Waals surface area contributed by atoms with Crippen LogP contribution < -0.4 is 18.9 Å². The van der Waals surface area contributed by atoms with E-state index in [1.54, 1.807) is 24.3 Å². The van der Waals surface area contributed by atoms with Gasteiger partial charge in [-0.25, -0.2) is 18.8 Å². The van der Waals surface area contributed by atoms with Gasteiger partial charge in [-0.3, -0.25) is 4.79 Å². The maximum absolute atomic E-state index is 14.6. The summed E-state index contributed by atoms with van der Waals surface area (Å²) < 4.78 is 33.8. The van der Waals surface area contributed by atoms with Crippen molar-refractivity contribution < 1.29 is 57.8 Å². The van der Waals surface area contributed by atoms with Crippen molar-refractivity contribution in [3.05, 3.63) is 107 Å². The summed E-state index contributed by atoms with van der Waals surface area (Å²) in [7, 11) is 1.47. The van der Waals surface area contributed by atoms with Gasteiger partial charge in [-0.2, -0.15) is 0 Å². The van der Waals surface area contributed by atoms with E-state index < -0.39 is 59.0 Å². The van der Waals surface area contributed by atoms with Crippen LogP contribution in [0.5, 0.6) is 23.0 Å². The van der Waals surface area contributed by atoms with E-state index in [0.29, 0.717) is 28.9 Å². The molecule has 4 aromatic carbocycles. The smallest absolute Gasteiger partial charge is 0.496 e. The van der Waals surface area contributed by atoms with Gasteiger partial charge in [-0.05, 0) is 65.8 Å². The number of carboxylic acid groups (broad SMARTS) is 3. The van der Waals surface area contributed by atoms with Gasteiger partial charge in [-0.1, -0.05) is 42.5 Å². The molecule has 0 unspecified atom stereocenters. The maximum Gasteiger partial charge on any atom is 0.511 e. The third kappa shape index (κ3) is 7.41. The number of fused-ring (bicyclic) bond motifs is 1. The molecule has 0 aromatic heterocycles. The first-order chi connectivity index (χ1) is 22.5. The second-order valence-electron chi connectivity index (χ2n) is 10.5. The summed E-state index contributed by atoms with van der Waals surface area (Å²) in [5.74, 6) is -2.80. The van der Waals surface area contributed by atoms with Gasteiger partial charge in [0.2, 0.25) is 0 Å². The van der Waals surface area contributed by atoms with E-state index in [1.807, 2.05) is 24.3 Å². The normalized spacial score (nSPS) is 13.5. The molecule has 0 saturated heterocycles. The fraction of sp³-hybridized carbons (Fsp3) is 0.176. The van der Waals surface area contributed by atoms with Gasteiger partial charge >= 0.3 is 18.5 Å². The lowest BCUT2D eigenvalue weighted by Crippen LogP contribution is -2.36. The van der Waals surface area contributed by atoms with Crippen LogP contribution in [0.15, 0.2) is 78.9 Å². The molecule has 5 rings (SSSR count). The first kappa shape index (κ1) is 32.3. The number of ether oxygens (including phenoxy) is 4. The molecule has 1 aliphatic rings. The molecular weight excluding hydrogens is 617 g/mol. The lowest BCUT2D eigenvalue weighted by Gasteiger charge is -2.36. The standard InChI is InChI=1S/C34H28FNO11/c1-44-27-13-12-22(35)15-24(27)21-9-4-6-19(14-21)18-36(26-11-5-8-20-7-2-3-10-23(20)26)31(37)25-16-29(46-33(40)41)30(47-34(42)43)17-28(25)45-32(38)39/h2-4,6-7,9-10,12-17,26H,5,8,11,18H2,1H3,(H,38,39)(H,40,41)(H,42,43)/t26-/m0/s1. The fourth-order valence-electron chi connectivity index (χ4n) is 5.70. The van der Waals surface area contributed by atoms with Crippen LogP contribution in [-0.2, 0) is 13.0 Å². The topological polar surface area (TPSA) is 169 Å². The molecule has 0 bridgehead atoms. The summed E-state index contributed by atoms with van der Waals surface area (Å²) in [6.45, 7) is -0.0294. The molecule has 47 heavy (non-hydrogen) atoms. The lowest BCUT2D eigenvalue weighted by atomic mass is 9.86. The molecular formula is C34H28FNO11. The summed E-state index contributed by atoms with van der Waals surface area (Å²) in [5.41, 5.74) is 3.17. The molecule has 0 fully saturated rings. The minimum atomic E-state index is -1.85. The van der Waals surface area contributed by atoms with Crippen LogP contribution in [0.4, 0.5) is 18.8 Å². The highest BCUT2D eigenvalue weighted by Gasteiger charge is 2.33. The van der Waals surface area contributed by atoms with E-state index in [9.17, 15) is 33.8 Å². The zero-order valence-electron chi connectivity index (χ0n) is 24.8. The summed E-state index contributed by atoms with van der Waals surface area (Å²) in [6.07, 6.45) is -3.48. The van der Waals surface area contributed by atoms with Crippen LogP contribution in [0.1, 0.15) is 45.9 Å². The average molecular weight is 646 g/mol. The number of amides is 1. The number of carbonyl (C=O) groups is 4. The van der Waals surface area contributed by atoms with Gasteiger partial charge in [0.25, 0.3) is 5.91 Å². The van der Waals surface area contributed by atoms with Crippen LogP contribution in [0.25, 0.3) is 11.1 Å².